The Morgan fingerprint density at radius 1 is 0.842 bits per heavy atom. The fourth-order valence-corrected chi connectivity index (χ4v) is 1.36. The minimum Gasteiger partial charge on any atom is -0.303 e. The lowest BCUT2D eigenvalue weighted by atomic mass is 10.1. The molecule has 0 spiro atoms. The van der Waals surface area contributed by atoms with Crippen molar-refractivity contribution in [1.82, 2.24) is 0 Å². The summed E-state index contributed by atoms with van der Waals surface area (Å²) in [6, 6.07) is 0. The number of aldehydes is 1. The molecule has 0 aliphatic rings. The van der Waals surface area contributed by atoms with Crippen molar-refractivity contribution >= 4 is 6.29 Å². The minimum absolute atomic E-state index is 0.703. The second kappa shape index (κ2) is 16.0. The molecule has 0 aliphatic carbocycles. The highest BCUT2D eigenvalue weighted by Gasteiger charge is 1.87. The van der Waals surface area contributed by atoms with Crippen LogP contribution in [0.15, 0.2) is 36.5 Å². The van der Waals surface area contributed by atoms with Crippen molar-refractivity contribution in [3.8, 4) is 23.7 Å². The highest BCUT2D eigenvalue weighted by atomic mass is 16.1. The van der Waals surface area contributed by atoms with Crippen LogP contribution in [0.3, 0.4) is 0 Å². The third-order valence-corrected chi connectivity index (χ3v) is 2.33. The third kappa shape index (κ3) is 16.0. The summed E-state index contributed by atoms with van der Waals surface area (Å²) in [6.07, 6.45) is 18.9. The average Bonchev–Trinajstić information content (AvgIpc) is 2.43. The summed E-state index contributed by atoms with van der Waals surface area (Å²) in [5, 5.41) is 0. The Kier molecular flexibility index (Phi) is 14.3. The Morgan fingerprint density at radius 2 is 1.53 bits per heavy atom. The van der Waals surface area contributed by atoms with Gasteiger partial charge in [-0.3, -0.25) is 0 Å². The number of carbonyl (C=O) groups is 1. The van der Waals surface area contributed by atoms with E-state index in [0.717, 1.165) is 25.5 Å². The SMILES string of the molecule is C/C=C/C#CC#C/C=C/C=C/CCCCCCC=O. The van der Waals surface area contributed by atoms with Crippen molar-refractivity contribution in [3.05, 3.63) is 36.5 Å². The van der Waals surface area contributed by atoms with Crippen LogP contribution < -0.4 is 0 Å². The summed E-state index contributed by atoms with van der Waals surface area (Å²) in [5.41, 5.74) is 0. The summed E-state index contributed by atoms with van der Waals surface area (Å²) in [4.78, 5) is 10.1. The number of carbonyl (C=O) groups excluding carboxylic acids is 1. The van der Waals surface area contributed by atoms with Crippen molar-refractivity contribution in [3.63, 3.8) is 0 Å². The quantitative estimate of drug-likeness (QED) is 0.274. The topological polar surface area (TPSA) is 17.1 Å². The highest BCUT2D eigenvalue weighted by Crippen LogP contribution is 2.04. The van der Waals surface area contributed by atoms with E-state index in [9.17, 15) is 4.79 Å². The van der Waals surface area contributed by atoms with E-state index in [0.29, 0.717) is 6.42 Å². The van der Waals surface area contributed by atoms with Crippen molar-refractivity contribution in [2.45, 2.75) is 45.4 Å². The molecule has 0 fully saturated rings. The molecule has 100 valence electrons. The molecule has 0 radical (unpaired) electrons. The molecule has 0 amide bonds. The second-order valence-electron chi connectivity index (χ2n) is 3.98. The average molecular weight is 254 g/mol. The smallest absolute Gasteiger partial charge is 0.119 e. The summed E-state index contributed by atoms with van der Waals surface area (Å²) < 4.78 is 0. The molecular weight excluding hydrogens is 232 g/mol. The number of rotatable bonds is 8. The Morgan fingerprint density at radius 3 is 2.21 bits per heavy atom. The van der Waals surface area contributed by atoms with Crippen molar-refractivity contribution in [1.29, 1.82) is 0 Å². The molecule has 0 unspecified atom stereocenters. The van der Waals surface area contributed by atoms with Crippen molar-refractivity contribution in [2.75, 3.05) is 0 Å². The van der Waals surface area contributed by atoms with Gasteiger partial charge in [-0.2, -0.15) is 0 Å². The van der Waals surface area contributed by atoms with E-state index in [1.54, 1.807) is 12.2 Å². The summed E-state index contributed by atoms with van der Waals surface area (Å²) in [5.74, 6) is 11.1. The summed E-state index contributed by atoms with van der Waals surface area (Å²) in [6.45, 7) is 1.93. The molecule has 0 aromatic heterocycles. The van der Waals surface area contributed by atoms with Gasteiger partial charge in [0.05, 0.1) is 0 Å². The monoisotopic (exact) mass is 254 g/mol. The molecule has 0 aromatic rings. The Bertz CT molecular complexity index is 416. The molecule has 0 saturated carbocycles. The van der Waals surface area contributed by atoms with Gasteiger partial charge in [0.1, 0.15) is 6.29 Å². The third-order valence-electron chi connectivity index (χ3n) is 2.33. The zero-order valence-corrected chi connectivity index (χ0v) is 11.7. The van der Waals surface area contributed by atoms with E-state index >= 15 is 0 Å². The van der Waals surface area contributed by atoms with Crippen LogP contribution in [0.4, 0.5) is 0 Å². The van der Waals surface area contributed by atoms with Gasteiger partial charge in [-0.15, -0.1) is 0 Å². The number of unbranched alkanes of at least 4 members (excludes halogenated alkanes) is 5. The van der Waals surface area contributed by atoms with Crippen molar-refractivity contribution < 1.29 is 4.79 Å². The van der Waals surface area contributed by atoms with Crippen LogP contribution in [-0.2, 0) is 4.79 Å². The largest absolute Gasteiger partial charge is 0.303 e. The van der Waals surface area contributed by atoms with Gasteiger partial charge in [-0.05, 0) is 50.2 Å². The predicted octanol–water partition coefficient (Wildman–Crippen LogP) is 4.22. The lowest BCUT2D eigenvalue weighted by Gasteiger charge is -1.94. The van der Waals surface area contributed by atoms with Crippen LogP contribution >= 0.6 is 0 Å². The van der Waals surface area contributed by atoms with Crippen molar-refractivity contribution in [2.24, 2.45) is 0 Å². The van der Waals surface area contributed by atoms with Gasteiger partial charge < -0.3 is 4.79 Å². The summed E-state index contributed by atoms with van der Waals surface area (Å²) in [7, 11) is 0. The van der Waals surface area contributed by atoms with E-state index in [1.807, 2.05) is 25.2 Å². The number of hydrogen-bond donors (Lipinski definition) is 0. The van der Waals surface area contributed by atoms with Crippen LogP contribution in [0.2, 0.25) is 0 Å². The van der Waals surface area contributed by atoms with E-state index in [1.165, 1.54) is 12.8 Å². The Hall–Kier alpha value is -1.99. The first-order valence-corrected chi connectivity index (χ1v) is 6.79. The Labute approximate surface area is 117 Å². The van der Waals surface area contributed by atoms with Crippen LogP contribution in [0.25, 0.3) is 0 Å². The van der Waals surface area contributed by atoms with Gasteiger partial charge in [0.15, 0.2) is 0 Å². The molecular formula is C18H22O. The van der Waals surface area contributed by atoms with Crippen LogP contribution in [0.1, 0.15) is 45.4 Å². The molecule has 0 atom stereocenters. The zero-order valence-electron chi connectivity index (χ0n) is 11.7. The fourth-order valence-electron chi connectivity index (χ4n) is 1.36. The van der Waals surface area contributed by atoms with E-state index < -0.39 is 0 Å². The fraction of sp³-hybridized carbons (Fsp3) is 0.389. The van der Waals surface area contributed by atoms with Gasteiger partial charge in [-0.1, -0.05) is 49.0 Å². The van der Waals surface area contributed by atoms with Crippen LogP contribution in [-0.4, -0.2) is 6.29 Å². The molecule has 0 rings (SSSR count). The Balaban J connectivity index is 3.52. The van der Waals surface area contributed by atoms with E-state index in [4.69, 9.17) is 0 Å². The molecule has 0 N–H and O–H groups in total. The molecule has 0 bridgehead atoms. The standard InChI is InChI=1S/C18H22O/c1-2-3-4-5-6-7-8-9-10-11-12-13-14-15-16-17-18-19/h2-3,8-11,18H,12-17H2,1H3/b3-2+,9-8+,11-10+. The maximum atomic E-state index is 10.1. The molecule has 0 saturated heterocycles. The normalized spacial score (nSPS) is 10.4. The van der Waals surface area contributed by atoms with E-state index in [2.05, 4.69) is 29.8 Å². The first kappa shape index (κ1) is 17.0. The maximum Gasteiger partial charge on any atom is 0.119 e. The van der Waals surface area contributed by atoms with Crippen LogP contribution in [0.5, 0.6) is 0 Å². The molecule has 1 heteroatoms. The molecule has 0 aromatic carbocycles. The second-order valence-corrected chi connectivity index (χ2v) is 3.98. The van der Waals surface area contributed by atoms with Crippen LogP contribution in [0, 0.1) is 23.7 Å². The highest BCUT2D eigenvalue weighted by molar-refractivity contribution is 5.48. The van der Waals surface area contributed by atoms with Gasteiger partial charge in [0, 0.05) is 6.42 Å². The first-order chi connectivity index (χ1) is 9.41. The number of hydrogen-bond acceptors (Lipinski definition) is 1. The molecule has 1 nitrogen and oxygen atoms in total. The first-order valence-electron chi connectivity index (χ1n) is 6.79. The van der Waals surface area contributed by atoms with Gasteiger partial charge in [0.2, 0.25) is 0 Å². The zero-order chi connectivity index (χ0) is 14.0. The number of allylic oxidation sites excluding steroid dienone is 6. The van der Waals surface area contributed by atoms with Gasteiger partial charge >= 0.3 is 0 Å². The maximum absolute atomic E-state index is 10.1. The molecule has 0 aliphatic heterocycles. The molecule has 19 heavy (non-hydrogen) atoms. The summed E-state index contributed by atoms with van der Waals surface area (Å²) >= 11 is 0. The molecule has 0 heterocycles. The predicted molar refractivity (Wildman–Crippen MR) is 82.4 cm³/mol. The van der Waals surface area contributed by atoms with Gasteiger partial charge in [0.25, 0.3) is 0 Å². The lowest BCUT2D eigenvalue weighted by Crippen LogP contribution is -1.78. The van der Waals surface area contributed by atoms with Gasteiger partial charge in [-0.25, -0.2) is 0 Å². The lowest BCUT2D eigenvalue weighted by molar-refractivity contribution is -0.107. The minimum atomic E-state index is 0.703. The van der Waals surface area contributed by atoms with E-state index in [-0.39, 0.29) is 0 Å².